The maximum absolute atomic E-state index is 12.0. The van der Waals surface area contributed by atoms with Crippen molar-refractivity contribution in [3.8, 4) is 0 Å². The van der Waals surface area contributed by atoms with Gasteiger partial charge in [0.25, 0.3) is 0 Å². The molecular formula is C13H22N4O2S2. The van der Waals surface area contributed by atoms with Gasteiger partial charge in [-0.25, -0.2) is 0 Å². The van der Waals surface area contributed by atoms with Gasteiger partial charge in [-0.2, -0.15) is 9.36 Å². The van der Waals surface area contributed by atoms with Gasteiger partial charge >= 0.3 is 0 Å². The Kier molecular flexibility index (Phi) is 6.88. The molecule has 0 aliphatic carbocycles. The van der Waals surface area contributed by atoms with E-state index >= 15 is 0 Å². The predicted octanol–water partition coefficient (Wildman–Crippen LogP) is 1.68. The summed E-state index contributed by atoms with van der Waals surface area (Å²) in [6.07, 6.45) is 3.16. The average Bonchev–Trinajstić information content (AvgIpc) is 2.92. The molecule has 1 saturated heterocycles. The van der Waals surface area contributed by atoms with Crippen molar-refractivity contribution in [3.63, 3.8) is 0 Å². The number of piperidine rings is 1. The molecule has 0 saturated carbocycles. The van der Waals surface area contributed by atoms with Gasteiger partial charge < -0.3 is 5.11 Å². The Bertz CT molecular complexity index is 455. The van der Waals surface area contributed by atoms with Gasteiger partial charge in [-0.05, 0) is 31.7 Å². The summed E-state index contributed by atoms with van der Waals surface area (Å²) >= 11 is 2.83. The fourth-order valence-corrected chi connectivity index (χ4v) is 3.73. The molecule has 21 heavy (non-hydrogen) atoms. The van der Waals surface area contributed by atoms with Gasteiger partial charge in [0.1, 0.15) is 0 Å². The average molecular weight is 330 g/mol. The molecule has 1 unspecified atom stereocenters. The Hall–Kier alpha value is -0.700. The molecule has 2 rings (SSSR count). The molecule has 1 aliphatic heterocycles. The summed E-state index contributed by atoms with van der Waals surface area (Å²) in [5, 5.41) is 13.3. The molecule has 0 spiro atoms. The number of aliphatic hydroxyl groups is 1. The lowest BCUT2D eigenvalue weighted by molar-refractivity contribution is -0.117. The third kappa shape index (κ3) is 5.54. The van der Waals surface area contributed by atoms with Gasteiger partial charge in [0, 0.05) is 30.4 Å². The first-order valence-corrected chi connectivity index (χ1v) is 9.06. The topological polar surface area (TPSA) is 78.4 Å². The van der Waals surface area contributed by atoms with Gasteiger partial charge in [0.15, 0.2) is 0 Å². The van der Waals surface area contributed by atoms with Crippen LogP contribution in [-0.4, -0.2) is 57.3 Å². The smallest absolute Gasteiger partial charge is 0.240 e. The number of likely N-dealkylation sites (tertiary alicyclic amines) is 1. The van der Waals surface area contributed by atoms with E-state index in [4.69, 9.17) is 0 Å². The van der Waals surface area contributed by atoms with Crippen molar-refractivity contribution in [1.29, 1.82) is 0 Å². The molecule has 1 aromatic rings. The summed E-state index contributed by atoms with van der Waals surface area (Å²) in [5.41, 5.74) is 0. The van der Waals surface area contributed by atoms with Crippen LogP contribution >= 0.6 is 23.3 Å². The minimum atomic E-state index is -0.0585. The largest absolute Gasteiger partial charge is 0.396 e. The highest BCUT2D eigenvalue weighted by molar-refractivity contribution is 7.99. The van der Waals surface area contributed by atoms with Crippen molar-refractivity contribution >= 4 is 34.3 Å². The van der Waals surface area contributed by atoms with Crippen LogP contribution in [0.15, 0.2) is 5.16 Å². The second kappa shape index (κ2) is 8.67. The number of nitrogens with one attached hydrogen (secondary N) is 1. The van der Waals surface area contributed by atoms with Crippen molar-refractivity contribution in [1.82, 2.24) is 14.3 Å². The van der Waals surface area contributed by atoms with Crippen LogP contribution in [0.3, 0.4) is 0 Å². The summed E-state index contributed by atoms with van der Waals surface area (Å²) in [5.74, 6) is 1.22. The zero-order valence-electron chi connectivity index (χ0n) is 12.2. The Morgan fingerprint density at radius 3 is 3.24 bits per heavy atom. The van der Waals surface area contributed by atoms with Crippen LogP contribution in [0.5, 0.6) is 0 Å². The fourth-order valence-electron chi connectivity index (χ4n) is 2.32. The molecule has 1 amide bonds. The minimum absolute atomic E-state index is 0.0585. The first-order valence-electron chi connectivity index (χ1n) is 7.30. The number of hydrogen-bond donors (Lipinski definition) is 2. The molecule has 1 fully saturated rings. The monoisotopic (exact) mass is 330 g/mol. The quantitative estimate of drug-likeness (QED) is 0.741. The van der Waals surface area contributed by atoms with E-state index in [1.54, 1.807) is 11.8 Å². The lowest BCUT2D eigenvalue weighted by Gasteiger charge is -2.30. The molecule has 1 aromatic heterocycles. The van der Waals surface area contributed by atoms with Crippen LogP contribution in [0.2, 0.25) is 0 Å². The van der Waals surface area contributed by atoms with E-state index in [-0.39, 0.29) is 12.5 Å². The van der Waals surface area contributed by atoms with Crippen molar-refractivity contribution in [2.24, 2.45) is 5.92 Å². The highest BCUT2D eigenvalue weighted by Gasteiger charge is 2.21. The predicted molar refractivity (Wildman–Crippen MR) is 85.8 cm³/mol. The number of thioether (sulfide) groups is 1. The molecule has 0 aromatic carbocycles. The Morgan fingerprint density at radius 2 is 2.48 bits per heavy atom. The summed E-state index contributed by atoms with van der Waals surface area (Å²) in [7, 11) is 0. The molecule has 2 N–H and O–H groups in total. The fraction of sp³-hybridized carbons (Fsp3) is 0.769. The Balaban J connectivity index is 1.77. The van der Waals surface area contributed by atoms with E-state index < -0.39 is 0 Å². The van der Waals surface area contributed by atoms with Gasteiger partial charge in [-0.1, -0.05) is 18.7 Å². The number of hydrogen-bond acceptors (Lipinski definition) is 7. The maximum Gasteiger partial charge on any atom is 0.240 e. The molecule has 0 radical (unpaired) electrons. The second-order valence-electron chi connectivity index (χ2n) is 5.20. The highest BCUT2D eigenvalue weighted by Crippen LogP contribution is 2.21. The van der Waals surface area contributed by atoms with Crippen molar-refractivity contribution in [2.75, 3.05) is 37.3 Å². The molecular weight excluding hydrogens is 308 g/mol. The van der Waals surface area contributed by atoms with E-state index in [1.165, 1.54) is 11.5 Å². The molecule has 1 aliphatic rings. The maximum atomic E-state index is 12.0. The number of amides is 1. The van der Waals surface area contributed by atoms with Gasteiger partial charge in [-0.15, -0.1) is 0 Å². The number of anilines is 1. The third-order valence-corrected chi connectivity index (χ3v) is 5.12. The lowest BCUT2D eigenvalue weighted by Crippen LogP contribution is -2.41. The highest BCUT2D eigenvalue weighted by atomic mass is 32.2. The van der Waals surface area contributed by atoms with Gasteiger partial charge in [-0.3, -0.25) is 15.0 Å². The Labute approximate surface area is 133 Å². The first-order chi connectivity index (χ1) is 10.2. The van der Waals surface area contributed by atoms with Crippen LogP contribution in [0.4, 0.5) is 5.13 Å². The number of carbonyl (C=O) groups excluding carboxylic acids is 1. The van der Waals surface area contributed by atoms with E-state index in [2.05, 4.69) is 26.5 Å². The molecule has 8 heteroatoms. The zero-order chi connectivity index (χ0) is 15.1. The molecule has 1 atom stereocenters. The van der Waals surface area contributed by atoms with E-state index in [0.717, 1.165) is 43.3 Å². The van der Waals surface area contributed by atoms with Crippen LogP contribution < -0.4 is 5.32 Å². The molecule has 0 bridgehead atoms. The summed E-state index contributed by atoms with van der Waals surface area (Å²) in [6.45, 7) is 4.37. The van der Waals surface area contributed by atoms with Gasteiger partial charge in [0.05, 0.1) is 6.54 Å². The first kappa shape index (κ1) is 16.7. The van der Waals surface area contributed by atoms with Crippen molar-refractivity contribution in [3.05, 3.63) is 0 Å². The Morgan fingerprint density at radius 1 is 1.62 bits per heavy atom. The van der Waals surface area contributed by atoms with E-state index in [1.807, 2.05) is 0 Å². The number of aromatic nitrogens is 2. The lowest BCUT2D eigenvalue weighted by atomic mass is 9.99. The number of nitrogens with zero attached hydrogens (tertiary/aromatic N) is 3. The second-order valence-corrected chi connectivity index (χ2v) is 7.02. The van der Waals surface area contributed by atoms with Crippen molar-refractivity contribution in [2.45, 2.75) is 31.3 Å². The van der Waals surface area contributed by atoms with Crippen LogP contribution in [0, 0.1) is 5.92 Å². The number of aliphatic hydroxyl groups excluding tert-OH is 1. The van der Waals surface area contributed by atoms with Crippen molar-refractivity contribution < 1.29 is 9.90 Å². The number of carbonyl (C=O) groups is 1. The zero-order valence-corrected chi connectivity index (χ0v) is 13.9. The molecule has 2 heterocycles. The normalized spacial score (nSPS) is 19.6. The standard InChI is InChI=1S/C13H22N4O2S2/c1-2-6-20-13-15-12(21-16-13)14-11(19)8-17-5-3-4-10(7-17)9-18/h10,18H,2-9H2,1H3,(H,14,15,16,19). The van der Waals surface area contributed by atoms with Crippen LogP contribution in [0.1, 0.15) is 26.2 Å². The minimum Gasteiger partial charge on any atom is -0.396 e. The SMILES string of the molecule is CCCSc1nsc(NC(=O)CN2CCCC(CO)C2)n1. The van der Waals surface area contributed by atoms with E-state index in [9.17, 15) is 9.90 Å². The number of rotatable bonds is 7. The van der Waals surface area contributed by atoms with Crippen LogP contribution in [-0.2, 0) is 4.79 Å². The summed E-state index contributed by atoms with van der Waals surface area (Å²) in [6, 6.07) is 0. The molecule has 118 valence electrons. The summed E-state index contributed by atoms with van der Waals surface area (Å²) < 4.78 is 4.21. The third-order valence-electron chi connectivity index (χ3n) is 3.32. The molecule has 6 nitrogen and oxygen atoms in total. The van der Waals surface area contributed by atoms with E-state index in [0.29, 0.717) is 17.6 Å². The van der Waals surface area contributed by atoms with Gasteiger partial charge in [0.2, 0.25) is 16.2 Å². The van der Waals surface area contributed by atoms with Crippen LogP contribution in [0.25, 0.3) is 0 Å². The summed E-state index contributed by atoms with van der Waals surface area (Å²) in [4.78, 5) is 18.4.